The monoisotopic (exact) mass is 195 g/mol. The number of ketones is 1. The molecule has 1 heterocycles. The first-order valence-electron chi connectivity index (χ1n) is 4.92. The second-order valence-corrected chi connectivity index (χ2v) is 3.38. The lowest BCUT2D eigenvalue weighted by atomic mass is 10.1. The molecule has 0 saturated heterocycles. The zero-order valence-corrected chi connectivity index (χ0v) is 8.57. The van der Waals surface area contributed by atoms with Crippen molar-refractivity contribution >= 4 is 5.78 Å². The minimum atomic E-state index is 0.289. The summed E-state index contributed by atoms with van der Waals surface area (Å²) in [6.07, 6.45) is 4.53. The minimum Gasteiger partial charge on any atom is -0.330 e. The predicted molar refractivity (Wildman–Crippen MR) is 54.8 cm³/mol. The molecular formula is C10H17N3O. The molecule has 4 nitrogen and oxygen atoms in total. The Balaban J connectivity index is 2.27. The standard InChI is InChI=1S/C10H17N3O/c1-13-9(6-8-12-13)4-5-10(14)3-2-7-11/h6,8H,2-5,7,11H2,1H3. The fraction of sp³-hybridized carbons (Fsp3) is 0.600. The number of nitrogens with zero attached hydrogens (tertiary/aromatic N) is 2. The molecule has 0 fully saturated rings. The van der Waals surface area contributed by atoms with Crippen molar-refractivity contribution in [1.82, 2.24) is 9.78 Å². The molecule has 1 aromatic heterocycles. The Morgan fingerprint density at radius 3 is 2.93 bits per heavy atom. The number of Topliss-reactive ketones (excluding diaryl/α,β-unsaturated/α-hetero) is 1. The van der Waals surface area contributed by atoms with Crippen molar-refractivity contribution in [2.45, 2.75) is 25.7 Å². The molecule has 0 unspecified atom stereocenters. The molecule has 1 rings (SSSR count). The van der Waals surface area contributed by atoms with Gasteiger partial charge in [0.2, 0.25) is 0 Å². The largest absolute Gasteiger partial charge is 0.330 e. The lowest BCUT2D eigenvalue weighted by molar-refractivity contribution is -0.119. The molecule has 0 spiro atoms. The predicted octanol–water partition coefficient (Wildman–Crippen LogP) is 0.661. The number of nitrogens with two attached hydrogens (primary N) is 1. The lowest BCUT2D eigenvalue weighted by Crippen LogP contribution is -2.07. The van der Waals surface area contributed by atoms with Crippen LogP contribution in [0.1, 0.15) is 25.0 Å². The molecule has 14 heavy (non-hydrogen) atoms. The van der Waals surface area contributed by atoms with E-state index in [1.165, 1.54) is 0 Å². The second kappa shape index (κ2) is 5.54. The Morgan fingerprint density at radius 1 is 1.57 bits per heavy atom. The molecule has 78 valence electrons. The van der Waals surface area contributed by atoms with E-state index in [1.54, 1.807) is 10.9 Å². The third-order valence-corrected chi connectivity index (χ3v) is 2.24. The maximum atomic E-state index is 11.3. The van der Waals surface area contributed by atoms with Gasteiger partial charge in [0.25, 0.3) is 0 Å². The molecule has 2 N–H and O–H groups in total. The van der Waals surface area contributed by atoms with Gasteiger partial charge in [0.15, 0.2) is 0 Å². The highest BCUT2D eigenvalue weighted by atomic mass is 16.1. The minimum absolute atomic E-state index is 0.289. The van der Waals surface area contributed by atoms with Crippen LogP contribution in [0, 0.1) is 0 Å². The average Bonchev–Trinajstić information content (AvgIpc) is 2.58. The number of aromatic nitrogens is 2. The summed E-state index contributed by atoms with van der Waals surface area (Å²) in [5.74, 6) is 0.289. The van der Waals surface area contributed by atoms with Crippen LogP contribution < -0.4 is 5.73 Å². The molecule has 0 aliphatic rings. The number of hydrogen-bond donors (Lipinski definition) is 1. The Bertz CT molecular complexity index is 293. The maximum absolute atomic E-state index is 11.3. The number of carbonyl (C=O) groups is 1. The third kappa shape index (κ3) is 3.30. The molecule has 0 bridgehead atoms. The van der Waals surface area contributed by atoms with Crippen molar-refractivity contribution in [3.8, 4) is 0 Å². The Hall–Kier alpha value is -1.16. The second-order valence-electron chi connectivity index (χ2n) is 3.38. The SMILES string of the molecule is Cn1nccc1CCC(=O)CCCN. The molecular weight excluding hydrogens is 178 g/mol. The van der Waals surface area contributed by atoms with Gasteiger partial charge < -0.3 is 5.73 Å². The first kappa shape index (κ1) is 10.9. The number of hydrogen-bond acceptors (Lipinski definition) is 3. The van der Waals surface area contributed by atoms with Crippen molar-refractivity contribution < 1.29 is 4.79 Å². The van der Waals surface area contributed by atoms with E-state index < -0.39 is 0 Å². The van der Waals surface area contributed by atoms with Gasteiger partial charge in [-0.3, -0.25) is 9.48 Å². The van der Waals surface area contributed by atoms with Gasteiger partial charge in [0.05, 0.1) is 0 Å². The number of rotatable bonds is 6. The van der Waals surface area contributed by atoms with E-state index in [0.717, 1.165) is 18.5 Å². The van der Waals surface area contributed by atoms with Gasteiger partial charge in [-0.05, 0) is 25.5 Å². The van der Waals surface area contributed by atoms with E-state index in [4.69, 9.17) is 5.73 Å². The topological polar surface area (TPSA) is 60.9 Å². The van der Waals surface area contributed by atoms with E-state index in [1.807, 2.05) is 13.1 Å². The molecule has 0 atom stereocenters. The van der Waals surface area contributed by atoms with Crippen LogP contribution in [0.2, 0.25) is 0 Å². The zero-order chi connectivity index (χ0) is 10.4. The fourth-order valence-corrected chi connectivity index (χ4v) is 1.34. The highest BCUT2D eigenvalue weighted by Crippen LogP contribution is 2.03. The van der Waals surface area contributed by atoms with Crippen LogP contribution in [0.5, 0.6) is 0 Å². The molecule has 0 aliphatic carbocycles. The van der Waals surface area contributed by atoms with Crippen LogP contribution in [0.15, 0.2) is 12.3 Å². The molecule has 0 aliphatic heterocycles. The number of aryl methyl sites for hydroxylation is 2. The summed E-state index contributed by atoms with van der Waals surface area (Å²) in [4.78, 5) is 11.3. The summed E-state index contributed by atoms with van der Waals surface area (Å²) in [6, 6.07) is 1.94. The average molecular weight is 195 g/mol. The van der Waals surface area contributed by atoms with Crippen LogP contribution in [-0.4, -0.2) is 22.1 Å². The number of carbonyl (C=O) groups excluding carboxylic acids is 1. The van der Waals surface area contributed by atoms with Gasteiger partial charge >= 0.3 is 0 Å². The van der Waals surface area contributed by atoms with Crippen molar-refractivity contribution in [1.29, 1.82) is 0 Å². The van der Waals surface area contributed by atoms with E-state index >= 15 is 0 Å². The van der Waals surface area contributed by atoms with Crippen molar-refractivity contribution in [2.24, 2.45) is 12.8 Å². The van der Waals surface area contributed by atoms with Gasteiger partial charge in [-0.25, -0.2) is 0 Å². The molecule has 0 amide bonds. The molecule has 1 aromatic rings. The molecule has 0 saturated carbocycles. The quantitative estimate of drug-likeness (QED) is 0.725. The van der Waals surface area contributed by atoms with Crippen LogP contribution in [0.3, 0.4) is 0 Å². The van der Waals surface area contributed by atoms with E-state index in [9.17, 15) is 4.79 Å². The summed E-state index contributed by atoms with van der Waals surface area (Å²) < 4.78 is 1.80. The van der Waals surface area contributed by atoms with Crippen molar-refractivity contribution in [2.75, 3.05) is 6.54 Å². The summed E-state index contributed by atoms with van der Waals surface area (Å²) >= 11 is 0. The summed E-state index contributed by atoms with van der Waals surface area (Å²) in [5.41, 5.74) is 6.43. The summed E-state index contributed by atoms with van der Waals surface area (Å²) in [7, 11) is 1.89. The lowest BCUT2D eigenvalue weighted by Gasteiger charge is -2.01. The molecule has 0 aromatic carbocycles. The van der Waals surface area contributed by atoms with Crippen LogP contribution in [0.25, 0.3) is 0 Å². The van der Waals surface area contributed by atoms with Gasteiger partial charge in [0, 0.05) is 31.8 Å². The Morgan fingerprint density at radius 2 is 2.36 bits per heavy atom. The first-order chi connectivity index (χ1) is 6.74. The van der Waals surface area contributed by atoms with Crippen LogP contribution >= 0.6 is 0 Å². The van der Waals surface area contributed by atoms with E-state index in [2.05, 4.69) is 5.10 Å². The molecule has 4 heteroatoms. The Labute approximate surface area is 84.1 Å². The van der Waals surface area contributed by atoms with Crippen molar-refractivity contribution in [3.63, 3.8) is 0 Å². The van der Waals surface area contributed by atoms with Gasteiger partial charge in [-0.2, -0.15) is 5.10 Å². The summed E-state index contributed by atoms with van der Waals surface area (Å²) in [5, 5.41) is 4.04. The van der Waals surface area contributed by atoms with Gasteiger partial charge in [0.1, 0.15) is 5.78 Å². The van der Waals surface area contributed by atoms with Crippen LogP contribution in [-0.2, 0) is 18.3 Å². The smallest absolute Gasteiger partial charge is 0.133 e. The fourth-order valence-electron chi connectivity index (χ4n) is 1.34. The zero-order valence-electron chi connectivity index (χ0n) is 8.57. The van der Waals surface area contributed by atoms with Gasteiger partial charge in [-0.15, -0.1) is 0 Å². The van der Waals surface area contributed by atoms with E-state index in [-0.39, 0.29) is 5.78 Å². The first-order valence-corrected chi connectivity index (χ1v) is 4.92. The third-order valence-electron chi connectivity index (χ3n) is 2.24. The Kier molecular flexibility index (Phi) is 4.32. The summed E-state index contributed by atoms with van der Waals surface area (Å²) in [6.45, 7) is 0.595. The maximum Gasteiger partial charge on any atom is 0.133 e. The van der Waals surface area contributed by atoms with E-state index in [0.29, 0.717) is 19.4 Å². The van der Waals surface area contributed by atoms with Gasteiger partial charge in [-0.1, -0.05) is 0 Å². The van der Waals surface area contributed by atoms with Crippen molar-refractivity contribution in [3.05, 3.63) is 18.0 Å². The highest BCUT2D eigenvalue weighted by molar-refractivity contribution is 5.78. The normalized spacial score (nSPS) is 10.4. The highest BCUT2D eigenvalue weighted by Gasteiger charge is 2.04. The van der Waals surface area contributed by atoms with Crippen LogP contribution in [0.4, 0.5) is 0 Å². The molecule has 0 radical (unpaired) electrons.